The fourth-order valence-electron chi connectivity index (χ4n) is 7.50. The average Bonchev–Trinajstić information content (AvgIpc) is 2.99. The van der Waals surface area contributed by atoms with Crippen LogP contribution in [0.2, 0.25) is 0 Å². The Morgan fingerprint density at radius 3 is 2.04 bits per heavy atom. The highest BCUT2D eigenvalue weighted by atomic mass is 79.9. The van der Waals surface area contributed by atoms with Crippen LogP contribution in [0.3, 0.4) is 0 Å². The van der Waals surface area contributed by atoms with Crippen LogP contribution in [-0.4, -0.2) is 35.5 Å². The molecule has 6 nitrogen and oxygen atoms in total. The Bertz CT molecular complexity index is 1800. The highest BCUT2D eigenvalue weighted by molar-refractivity contribution is 9.11. The predicted molar refractivity (Wildman–Crippen MR) is 197 cm³/mol. The fraction of sp³-hybridized carbons (Fsp3) is 0.375. The van der Waals surface area contributed by atoms with Gasteiger partial charge in [0.2, 0.25) is 0 Å². The number of halogens is 2. The number of nitrogens with zero attached hydrogens (tertiary/aromatic N) is 1. The van der Waals surface area contributed by atoms with Gasteiger partial charge in [0.1, 0.15) is 5.75 Å². The molecule has 0 saturated heterocycles. The van der Waals surface area contributed by atoms with E-state index in [0.29, 0.717) is 46.3 Å². The van der Waals surface area contributed by atoms with E-state index < -0.39 is 5.92 Å². The summed E-state index contributed by atoms with van der Waals surface area (Å²) in [5.41, 5.74) is 6.46. The third kappa shape index (κ3) is 7.11. The lowest BCUT2D eigenvalue weighted by atomic mass is 9.63. The highest BCUT2D eigenvalue weighted by Crippen LogP contribution is 2.56. The number of carbonyl (C=O) groups excluding carboxylic acids is 3. The Labute approximate surface area is 300 Å². The van der Waals surface area contributed by atoms with E-state index in [-0.39, 0.29) is 34.9 Å². The van der Waals surface area contributed by atoms with Crippen LogP contribution in [0.4, 0.5) is 5.69 Å². The van der Waals surface area contributed by atoms with Crippen molar-refractivity contribution in [2.24, 2.45) is 10.8 Å². The molecule has 1 N–H and O–H groups in total. The number of hydrogen-bond acceptors (Lipinski definition) is 5. The SMILES string of the molecule is Cc1ccccc1NC(=O)COc1c(Br)cc(Br)cc1C1C2=C(CC(C)(C)CC2=O)N(CCc2ccccc2)C2=C1C(=O)CC(C)(C)C2. The predicted octanol–water partition coefficient (Wildman–Crippen LogP) is 9.47. The molecule has 1 aliphatic heterocycles. The minimum atomic E-state index is -0.613. The van der Waals surface area contributed by atoms with Crippen molar-refractivity contribution >= 4 is 55.0 Å². The Hall–Kier alpha value is -3.49. The second-order valence-electron chi connectivity index (χ2n) is 14.9. The molecule has 6 rings (SSSR count). The van der Waals surface area contributed by atoms with Gasteiger partial charge in [0.15, 0.2) is 18.2 Å². The Kier molecular flexibility index (Phi) is 9.62. The molecule has 1 amide bonds. The van der Waals surface area contributed by atoms with Gasteiger partial charge in [0.25, 0.3) is 5.91 Å². The first-order valence-corrected chi connectivity index (χ1v) is 18.1. The number of rotatable bonds is 8. The molecular formula is C40H42Br2N2O4. The smallest absolute Gasteiger partial charge is 0.262 e. The van der Waals surface area contributed by atoms with Gasteiger partial charge in [-0.1, -0.05) is 92.2 Å². The van der Waals surface area contributed by atoms with Crippen LogP contribution in [0.5, 0.6) is 5.75 Å². The van der Waals surface area contributed by atoms with Crippen molar-refractivity contribution in [3.05, 3.63) is 115 Å². The van der Waals surface area contributed by atoms with Crippen LogP contribution in [0.1, 0.15) is 76.0 Å². The third-order valence-electron chi connectivity index (χ3n) is 9.60. The number of para-hydroxylation sites is 1. The number of allylic oxidation sites excluding steroid dienone is 4. The molecule has 0 fully saturated rings. The van der Waals surface area contributed by atoms with Crippen molar-refractivity contribution in [2.45, 2.75) is 72.6 Å². The Balaban J connectivity index is 1.47. The number of ketones is 2. The lowest BCUT2D eigenvalue weighted by Gasteiger charge is -2.49. The summed E-state index contributed by atoms with van der Waals surface area (Å²) < 4.78 is 7.75. The van der Waals surface area contributed by atoms with Crippen molar-refractivity contribution in [3.8, 4) is 5.75 Å². The monoisotopic (exact) mass is 772 g/mol. The number of ether oxygens (including phenoxy) is 1. The van der Waals surface area contributed by atoms with Crippen LogP contribution < -0.4 is 10.1 Å². The molecule has 3 aromatic rings. The molecule has 0 unspecified atom stereocenters. The summed E-state index contributed by atoms with van der Waals surface area (Å²) in [6.07, 6.45) is 3.00. The first kappa shape index (κ1) is 34.4. The van der Waals surface area contributed by atoms with E-state index in [0.717, 1.165) is 46.4 Å². The summed E-state index contributed by atoms with van der Waals surface area (Å²) in [5, 5.41) is 2.94. The molecule has 3 aliphatic rings. The molecule has 0 atom stereocenters. The number of nitrogens with one attached hydrogen (secondary N) is 1. The van der Waals surface area contributed by atoms with Gasteiger partial charge in [0, 0.05) is 63.6 Å². The number of aryl methyl sites for hydroxylation is 1. The van der Waals surface area contributed by atoms with E-state index in [2.05, 4.69) is 81.9 Å². The number of amides is 1. The summed E-state index contributed by atoms with van der Waals surface area (Å²) in [4.78, 5) is 44.2. The summed E-state index contributed by atoms with van der Waals surface area (Å²) >= 11 is 7.37. The van der Waals surface area contributed by atoms with E-state index in [1.54, 1.807) is 0 Å². The maximum Gasteiger partial charge on any atom is 0.262 e. The zero-order valence-electron chi connectivity index (χ0n) is 28.2. The molecule has 250 valence electrons. The van der Waals surface area contributed by atoms with Crippen molar-refractivity contribution in [3.63, 3.8) is 0 Å². The van der Waals surface area contributed by atoms with Crippen molar-refractivity contribution in [2.75, 3.05) is 18.5 Å². The standard InChI is InChI=1S/C40H42Br2N2O4/c1-24-11-9-10-14-29(24)43-34(47)23-48-38-27(17-26(41)18-28(38)42)35-36-30(19-39(2,3)21-32(36)45)44(16-15-25-12-7-6-8-13-25)31-20-40(4,5)22-33(46)37(31)35/h6-14,17-18,35H,15-16,19-23H2,1-5H3,(H,43,47). The molecular weight excluding hydrogens is 732 g/mol. The second kappa shape index (κ2) is 13.4. The zero-order valence-corrected chi connectivity index (χ0v) is 31.4. The number of Topliss-reactive ketones (excluding diaryl/α,β-unsaturated/α-hetero) is 2. The fourth-order valence-corrected chi connectivity index (χ4v) is 8.87. The number of hydrogen-bond donors (Lipinski definition) is 1. The normalized spacial score (nSPS) is 18.9. The topological polar surface area (TPSA) is 75.7 Å². The van der Waals surface area contributed by atoms with Crippen LogP contribution in [-0.2, 0) is 20.8 Å². The maximum atomic E-state index is 14.4. The summed E-state index contributed by atoms with van der Waals surface area (Å²) in [5.74, 6) is -0.348. The van der Waals surface area contributed by atoms with Gasteiger partial charge in [-0.15, -0.1) is 0 Å². The third-order valence-corrected chi connectivity index (χ3v) is 10.7. The first-order valence-electron chi connectivity index (χ1n) is 16.5. The maximum absolute atomic E-state index is 14.4. The van der Waals surface area contributed by atoms with Gasteiger partial charge >= 0.3 is 0 Å². The molecule has 0 radical (unpaired) electrons. The minimum Gasteiger partial charge on any atom is -0.482 e. The summed E-state index contributed by atoms with van der Waals surface area (Å²) in [6, 6.07) is 21.8. The van der Waals surface area contributed by atoms with E-state index in [4.69, 9.17) is 4.74 Å². The molecule has 48 heavy (non-hydrogen) atoms. The summed E-state index contributed by atoms with van der Waals surface area (Å²) in [7, 11) is 0. The van der Waals surface area contributed by atoms with Crippen molar-refractivity contribution < 1.29 is 19.1 Å². The molecule has 0 saturated carbocycles. The summed E-state index contributed by atoms with van der Waals surface area (Å²) in [6.45, 7) is 11.0. The van der Waals surface area contributed by atoms with Gasteiger partial charge in [-0.2, -0.15) is 0 Å². The second-order valence-corrected chi connectivity index (χ2v) is 16.7. The van der Waals surface area contributed by atoms with Crippen LogP contribution in [0.25, 0.3) is 0 Å². The van der Waals surface area contributed by atoms with Crippen LogP contribution in [0.15, 0.2) is 98.2 Å². The number of benzene rings is 3. The van der Waals surface area contributed by atoms with Gasteiger partial charge in [-0.25, -0.2) is 0 Å². The first-order chi connectivity index (χ1) is 22.7. The molecule has 0 aromatic heterocycles. The van der Waals surface area contributed by atoms with E-state index in [1.165, 1.54) is 5.56 Å². The molecule has 3 aromatic carbocycles. The van der Waals surface area contributed by atoms with E-state index in [9.17, 15) is 14.4 Å². The molecule has 2 aliphatic carbocycles. The highest BCUT2D eigenvalue weighted by Gasteiger charge is 2.49. The molecule has 8 heteroatoms. The van der Waals surface area contributed by atoms with Gasteiger partial charge in [0.05, 0.1) is 4.47 Å². The average molecular weight is 775 g/mol. The van der Waals surface area contributed by atoms with Crippen molar-refractivity contribution in [1.29, 1.82) is 0 Å². The minimum absolute atomic E-state index is 0.0551. The molecule has 0 bridgehead atoms. The molecule has 0 spiro atoms. The number of carbonyl (C=O) groups is 3. The van der Waals surface area contributed by atoms with Crippen LogP contribution in [0, 0.1) is 17.8 Å². The molecule has 1 heterocycles. The van der Waals surface area contributed by atoms with Crippen LogP contribution >= 0.6 is 31.9 Å². The Morgan fingerprint density at radius 2 is 1.44 bits per heavy atom. The van der Waals surface area contributed by atoms with Crippen molar-refractivity contribution in [1.82, 2.24) is 4.90 Å². The number of anilines is 1. The zero-order chi connectivity index (χ0) is 34.4. The quantitative estimate of drug-likeness (QED) is 0.247. The lowest BCUT2D eigenvalue weighted by Crippen LogP contribution is -2.45. The van der Waals surface area contributed by atoms with E-state index >= 15 is 0 Å². The lowest BCUT2D eigenvalue weighted by molar-refractivity contribution is -0.120. The van der Waals surface area contributed by atoms with Gasteiger partial charge < -0.3 is 15.0 Å². The largest absolute Gasteiger partial charge is 0.482 e. The van der Waals surface area contributed by atoms with Gasteiger partial charge in [-0.05, 0) is 82.3 Å². The van der Waals surface area contributed by atoms with E-state index in [1.807, 2.05) is 61.5 Å². The van der Waals surface area contributed by atoms with Gasteiger partial charge in [-0.3, -0.25) is 14.4 Å². The Morgan fingerprint density at radius 1 is 0.854 bits per heavy atom.